The molecule has 0 saturated carbocycles. The second-order valence-corrected chi connectivity index (χ2v) is 4.21. The van der Waals surface area contributed by atoms with Gasteiger partial charge in [0.2, 0.25) is 0 Å². The van der Waals surface area contributed by atoms with Crippen LogP contribution < -0.4 is 5.43 Å². The molecule has 0 radical (unpaired) electrons. The molecule has 1 N–H and O–H groups in total. The quantitative estimate of drug-likeness (QED) is 0.749. The lowest BCUT2D eigenvalue weighted by atomic mass is 10.1. The van der Waals surface area contributed by atoms with Crippen LogP contribution in [0.1, 0.15) is 48.0 Å². The molecule has 1 unspecified atom stereocenters. The molecule has 0 aromatic heterocycles. The molecular weight excluding hydrogens is 172 g/mol. The summed E-state index contributed by atoms with van der Waals surface area (Å²) in [5.74, 6) is 0.763. The van der Waals surface area contributed by atoms with E-state index in [1.165, 1.54) is 6.42 Å². The summed E-state index contributed by atoms with van der Waals surface area (Å²) in [6.45, 7) is 12.9. The minimum Gasteiger partial charge on any atom is -0.313 e. The van der Waals surface area contributed by atoms with Crippen molar-refractivity contribution in [3.8, 4) is 0 Å². The van der Waals surface area contributed by atoms with Gasteiger partial charge in [-0.1, -0.05) is 27.7 Å². The van der Waals surface area contributed by atoms with Gasteiger partial charge in [-0.15, -0.1) is 0 Å². The van der Waals surface area contributed by atoms with E-state index in [-0.39, 0.29) is 0 Å². The Kier molecular flexibility index (Phi) is 6.64. The van der Waals surface area contributed by atoms with Crippen LogP contribution in [0.25, 0.3) is 0 Å². The van der Waals surface area contributed by atoms with Crippen molar-refractivity contribution >= 4 is 0 Å². The largest absolute Gasteiger partial charge is 0.313 e. The normalized spacial score (nSPS) is 20.3. The number of hydrogen-bond donors (Lipinski definition) is 1. The van der Waals surface area contributed by atoms with Crippen LogP contribution in [0.5, 0.6) is 0 Å². The predicted octanol–water partition coefficient (Wildman–Crippen LogP) is 3.17. The van der Waals surface area contributed by atoms with E-state index >= 15 is 0 Å². The van der Waals surface area contributed by atoms with E-state index in [9.17, 15) is 0 Å². The molecule has 0 fully saturated rings. The van der Waals surface area contributed by atoms with Crippen LogP contribution in [0.2, 0.25) is 0 Å². The van der Waals surface area contributed by atoms with Crippen LogP contribution in [0.15, 0.2) is 12.3 Å². The van der Waals surface area contributed by atoms with Gasteiger partial charge in [0.25, 0.3) is 0 Å². The molecule has 0 saturated heterocycles. The van der Waals surface area contributed by atoms with Gasteiger partial charge < -0.3 is 5.01 Å². The smallest absolute Gasteiger partial charge is 0.0462 e. The van der Waals surface area contributed by atoms with Crippen LogP contribution >= 0.6 is 0 Å². The van der Waals surface area contributed by atoms with Crippen molar-refractivity contribution in [2.75, 3.05) is 0 Å². The first kappa shape index (κ1) is 13.5. The maximum absolute atomic E-state index is 3.44. The van der Waals surface area contributed by atoms with E-state index in [1.807, 2.05) is 13.8 Å². The molecule has 2 nitrogen and oxygen atoms in total. The molecule has 1 aliphatic heterocycles. The molecule has 0 aromatic carbocycles. The highest BCUT2D eigenvalue weighted by atomic mass is 15.5. The van der Waals surface area contributed by atoms with E-state index in [1.54, 1.807) is 0 Å². The third kappa shape index (κ3) is 4.66. The molecule has 1 heterocycles. The lowest BCUT2D eigenvalue weighted by molar-refractivity contribution is 0.215. The van der Waals surface area contributed by atoms with Crippen molar-refractivity contribution in [1.82, 2.24) is 10.4 Å². The standard InChI is InChI=1S/C10H20N2.C2H6/c1-8(2)7-10-5-6-12(11-10)9(3)4;1-2/h5-6,8-11H,7H2,1-4H3;1-2H3. The summed E-state index contributed by atoms with van der Waals surface area (Å²) in [5.41, 5.74) is 3.44. The Morgan fingerprint density at radius 1 is 1.21 bits per heavy atom. The number of hydrazine groups is 1. The molecule has 1 aliphatic rings. The molecular formula is C12H26N2. The molecule has 1 atom stereocenters. The summed E-state index contributed by atoms with van der Waals surface area (Å²) in [6, 6.07) is 1.10. The van der Waals surface area contributed by atoms with Gasteiger partial charge >= 0.3 is 0 Å². The zero-order chi connectivity index (χ0) is 11.1. The first-order chi connectivity index (χ1) is 6.59. The maximum atomic E-state index is 3.44. The lowest BCUT2D eigenvalue weighted by Crippen LogP contribution is -2.39. The third-order valence-corrected chi connectivity index (χ3v) is 2.08. The van der Waals surface area contributed by atoms with E-state index in [0.717, 1.165) is 5.92 Å². The Bertz CT molecular complexity index is 162. The highest BCUT2D eigenvalue weighted by molar-refractivity contribution is 4.99. The predicted molar refractivity (Wildman–Crippen MR) is 63.8 cm³/mol. The van der Waals surface area contributed by atoms with Gasteiger partial charge in [-0.2, -0.15) is 0 Å². The number of nitrogens with zero attached hydrogens (tertiary/aromatic N) is 1. The molecule has 0 aromatic rings. The topological polar surface area (TPSA) is 15.3 Å². The second kappa shape index (κ2) is 6.88. The first-order valence-corrected chi connectivity index (χ1v) is 5.82. The molecule has 0 spiro atoms. The summed E-state index contributed by atoms with van der Waals surface area (Å²) in [5, 5.41) is 2.17. The van der Waals surface area contributed by atoms with Gasteiger partial charge in [0.15, 0.2) is 0 Å². The van der Waals surface area contributed by atoms with E-state index in [4.69, 9.17) is 0 Å². The first-order valence-electron chi connectivity index (χ1n) is 5.82. The van der Waals surface area contributed by atoms with Gasteiger partial charge in [-0.25, -0.2) is 5.43 Å². The zero-order valence-electron chi connectivity index (χ0n) is 10.5. The number of rotatable bonds is 3. The van der Waals surface area contributed by atoms with Gasteiger partial charge in [0.05, 0.1) is 0 Å². The lowest BCUT2D eigenvalue weighted by Gasteiger charge is -2.24. The van der Waals surface area contributed by atoms with Gasteiger partial charge in [-0.3, -0.25) is 0 Å². The average Bonchev–Trinajstić information content (AvgIpc) is 2.55. The maximum Gasteiger partial charge on any atom is 0.0462 e. The molecule has 84 valence electrons. The molecule has 2 heteroatoms. The summed E-state index contributed by atoms with van der Waals surface area (Å²) >= 11 is 0. The van der Waals surface area contributed by atoms with Crippen molar-refractivity contribution in [1.29, 1.82) is 0 Å². The number of hydrogen-bond acceptors (Lipinski definition) is 2. The van der Waals surface area contributed by atoms with Gasteiger partial charge in [0.1, 0.15) is 0 Å². The minimum atomic E-state index is 0.549. The van der Waals surface area contributed by atoms with Crippen LogP contribution in [-0.4, -0.2) is 17.1 Å². The Labute approximate surface area is 89.3 Å². The molecule has 0 amide bonds. The summed E-state index contributed by atoms with van der Waals surface area (Å²) in [4.78, 5) is 0. The molecule has 1 rings (SSSR count). The highest BCUT2D eigenvalue weighted by Crippen LogP contribution is 2.12. The molecule has 0 bridgehead atoms. The Balaban J connectivity index is 0.000000791. The summed E-state index contributed by atoms with van der Waals surface area (Å²) in [6.07, 6.45) is 5.62. The fourth-order valence-corrected chi connectivity index (χ4v) is 1.43. The van der Waals surface area contributed by atoms with Crippen molar-refractivity contribution in [2.45, 2.75) is 60.0 Å². The van der Waals surface area contributed by atoms with Crippen molar-refractivity contribution in [2.24, 2.45) is 5.92 Å². The zero-order valence-corrected chi connectivity index (χ0v) is 10.5. The average molecular weight is 198 g/mol. The Hall–Kier alpha value is -0.500. The number of nitrogens with one attached hydrogen (secondary N) is 1. The SMILES string of the molecule is CC.CC(C)CC1C=CN(C(C)C)N1. The second-order valence-electron chi connectivity index (χ2n) is 4.21. The highest BCUT2D eigenvalue weighted by Gasteiger charge is 2.17. The van der Waals surface area contributed by atoms with Crippen LogP contribution in [-0.2, 0) is 0 Å². The monoisotopic (exact) mass is 198 g/mol. The van der Waals surface area contributed by atoms with Crippen LogP contribution in [0.4, 0.5) is 0 Å². The third-order valence-electron chi connectivity index (χ3n) is 2.08. The van der Waals surface area contributed by atoms with Crippen molar-refractivity contribution < 1.29 is 0 Å². The van der Waals surface area contributed by atoms with Crippen molar-refractivity contribution in [3.63, 3.8) is 0 Å². The van der Waals surface area contributed by atoms with E-state index < -0.39 is 0 Å². The van der Waals surface area contributed by atoms with E-state index in [0.29, 0.717) is 12.1 Å². The van der Waals surface area contributed by atoms with Crippen molar-refractivity contribution in [3.05, 3.63) is 12.3 Å². The summed E-state index contributed by atoms with van der Waals surface area (Å²) in [7, 11) is 0. The Morgan fingerprint density at radius 3 is 2.14 bits per heavy atom. The fourth-order valence-electron chi connectivity index (χ4n) is 1.43. The van der Waals surface area contributed by atoms with Gasteiger partial charge in [-0.05, 0) is 32.3 Å². The molecule has 14 heavy (non-hydrogen) atoms. The molecule has 0 aliphatic carbocycles. The van der Waals surface area contributed by atoms with Gasteiger partial charge in [0, 0.05) is 18.3 Å². The minimum absolute atomic E-state index is 0.549. The Morgan fingerprint density at radius 2 is 1.79 bits per heavy atom. The van der Waals surface area contributed by atoms with Crippen LogP contribution in [0.3, 0.4) is 0 Å². The van der Waals surface area contributed by atoms with Crippen LogP contribution in [0, 0.1) is 5.92 Å². The van der Waals surface area contributed by atoms with E-state index in [2.05, 4.69) is 50.4 Å². The summed E-state index contributed by atoms with van der Waals surface area (Å²) < 4.78 is 0. The fraction of sp³-hybridized carbons (Fsp3) is 0.833.